The number of hydrogen-bond acceptors (Lipinski definition) is 3. The molecule has 0 bridgehead atoms. The predicted octanol–water partition coefficient (Wildman–Crippen LogP) is 1.28. The van der Waals surface area contributed by atoms with Gasteiger partial charge < -0.3 is 5.11 Å². The number of nitrogens with zero attached hydrogens (tertiary/aromatic N) is 3. The smallest absolute Gasteiger partial charge is 0.303 e. The molecule has 1 N–H and O–H groups in total. The number of rotatable bonds is 4. The molecule has 0 spiro atoms. The molecule has 0 saturated heterocycles. The first-order chi connectivity index (χ1) is 7.75. The van der Waals surface area contributed by atoms with Crippen molar-refractivity contribution in [3.63, 3.8) is 0 Å². The van der Waals surface area contributed by atoms with Crippen molar-refractivity contribution < 1.29 is 9.90 Å². The zero-order chi connectivity index (χ0) is 11.4. The Balaban J connectivity index is 2.17. The molecule has 1 aromatic heterocycles. The minimum atomic E-state index is -0.783. The number of carbonyl (C=O) groups is 1. The van der Waals surface area contributed by atoms with E-state index in [-0.39, 0.29) is 6.42 Å². The number of aromatic nitrogens is 3. The van der Waals surface area contributed by atoms with Gasteiger partial charge in [0.15, 0.2) is 0 Å². The van der Waals surface area contributed by atoms with Crippen molar-refractivity contribution in [2.45, 2.75) is 12.8 Å². The van der Waals surface area contributed by atoms with Crippen molar-refractivity contribution in [2.75, 3.05) is 0 Å². The summed E-state index contributed by atoms with van der Waals surface area (Å²) in [6.07, 6.45) is 3.89. The summed E-state index contributed by atoms with van der Waals surface area (Å²) < 4.78 is 1.78. The zero-order valence-electron chi connectivity index (χ0n) is 8.58. The van der Waals surface area contributed by atoms with Gasteiger partial charge in [-0.05, 0) is 24.1 Å². The normalized spacial score (nSPS) is 10.2. The lowest BCUT2D eigenvalue weighted by molar-refractivity contribution is -0.136. The van der Waals surface area contributed by atoms with Crippen LogP contribution in [-0.4, -0.2) is 25.8 Å². The minimum absolute atomic E-state index is 0.144. The topological polar surface area (TPSA) is 68.0 Å². The number of carboxylic acid groups (broad SMARTS) is 1. The first-order valence-corrected chi connectivity index (χ1v) is 4.91. The maximum absolute atomic E-state index is 10.5. The van der Waals surface area contributed by atoms with E-state index in [1.165, 1.54) is 0 Å². The van der Waals surface area contributed by atoms with Gasteiger partial charge in [0.1, 0.15) is 12.7 Å². The molecule has 0 aliphatic heterocycles. The van der Waals surface area contributed by atoms with E-state index in [0.29, 0.717) is 6.42 Å². The molecule has 82 valence electrons. The Bertz CT molecular complexity index is 480. The molecule has 5 heteroatoms. The second kappa shape index (κ2) is 4.57. The summed E-state index contributed by atoms with van der Waals surface area (Å²) in [5.74, 6) is -0.783. The van der Waals surface area contributed by atoms with Gasteiger partial charge in [-0.3, -0.25) is 9.36 Å². The summed E-state index contributed by atoms with van der Waals surface area (Å²) in [4.78, 5) is 10.5. The van der Waals surface area contributed by atoms with Crippen LogP contribution in [0, 0.1) is 0 Å². The Kier molecular flexibility index (Phi) is 2.95. The van der Waals surface area contributed by atoms with Crippen LogP contribution in [0.4, 0.5) is 0 Å². The Morgan fingerprint density at radius 2 is 2.06 bits per heavy atom. The van der Waals surface area contributed by atoms with E-state index in [0.717, 1.165) is 11.3 Å². The third-order valence-electron chi connectivity index (χ3n) is 2.25. The Labute approximate surface area is 92.4 Å². The van der Waals surface area contributed by atoms with E-state index in [2.05, 4.69) is 10.2 Å². The molecule has 0 aliphatic rings. The molecule has 1 heterocycles. The van der Waals surface area contributed by atoms with Gasteiger partial charge in [-0.15, -0.1) is 10.2 Å². The van der Waals surface area contributed by atoms with Gasteiger partial charge in [-0.1, -0.05) is 12.1 Å². The average Bonchev–Trinajstić information content (AvgIpc) is 2.80. The van der Waals surface area contributed by atoms with Crippen molar-refractivity contribution >= 4 is 5.97 Å². The fourth-order valence-corrected chi connectivity index (χ4v) is 1.46. The van der Waals surface area contributed by atoms with Crippen LogP contribution < -0.4 is 0 Å². The predicted molar refractivity (Wildman–Crippen MR) is 57.3 cm³/mol. The van der Waals surface area contributed by atoms with E-state index in [1.54, 1.807) is 17.2 Å². The Hall–Kier alpha value is -2.17. The highest BCUT2D eigenvalue weighted by atomic mass is 16.4. The summed E-state index contributed by atoms with van der Waals surface area (Å²) in [5, 5.41) is 16.0. The summed E-state index contributed by atoms with van der Waals surface area (Å²) >= 11 is 0. The van der Waals surface area contributed by atoms with Crippen molar-refractivity contribution in [3.05, 3.63) is 42.5 Å². The molecule has 1 aromatic carbocycles. The maximum atomic E-state index is 10.5. The molecule has 2 aromatic rings. The monoisotopic (exact) mass is 217 g/mol. The third-order valence-corrected chi connectivity index (χ3v) is 2.25. The second-order valence-electron chi connectivity index (χ2n) is 3.43. The van der Waals surface area contributed by atoms with Crippen LogP contribution in [0.25, 0.3) is 5.69 Å². The second-order valence-corrected chi connectivity index (χ2v) is 3.43. The molecule has 5 nitrogen and oxygen atoms in total. The average molecular weight is 217 g/mol. The fraction of sp³-hybridized carbons (Fsp3) is 0.182. The van der Waals surface area contributed by atoms with E-state index >= 15 is 0 Å². The van der Waals surface area contributed by atoms with Crippen LogP contribution in [0.5, 0.6) is 0 Å². The minimum Gasteiger partial charge on any atom is -0.481 e. The molecule has 0 radical (unpaired) electrons. The van der Waals surface area contributed by atoms with Gasteiger partial charge in [0, 0.05) is 12.1 Å². The first-order valence-electron chi connectivity index (χ1n) is 4.91. The summed E-state index contributed by atoms with van der Waals surface area (Å²) in [7, 11) is 0. The van der Waals surface area contributed by atoms with Crippen LogP contribution in [0.1, 0.15) is 12.0 Å². The molecular weight excluding hydrogens is 206 g/mol. The van der Waals surface area contributed by atoms with Gasteiger partial charge in [-0.2, -0.15) is 0 Å². The van der Waals surface area contributed by atoms with Crippen LogP contribution in [0.2, 0.25) is 0 Å². The highest BCUT2D eigenvalue weighted by Gasteiger charge is 2.01. The van der Waals surface area contributed by atoms with Crippen molar-refractivity contribution in [3.8, 4) is 5.69 Å². The summed E-state index contributed by atoms with van der Waals surface area (Å²) in [6.45, 7) is 0. The first kappa shape index (κ1) is 10.4. The van der Waals surface area contributed by atoms with Gasteiger partial charge >= 0.3 is 5.97 Å². The largest absolute Gasteiger partial charge is 0.481 e. The van der Waals surface area contributed by atoms with Crippen LogP contribution in [0.15, 0.2) is 36.9 Å². The summed E-state index contributed by atoms with van der Waals surface area (Å²) in [5.41, 5.74) is 1.93. The van der Waals surface area contributed by atoms with Crippen molar-refractivity contribution in [1.29, 1.82) is 0 Å². The van der Waals surface area contributed by atoms with E-state index in [4.69, 9.17) is 5.11 Å². The third kappa shape index (κ3) is 2.44. The van der Waals surface area contributed by atoms with Crippen molar-refractivity contribution in [2.24, 2.45) is 0 Å². The maximum Gasteiger partial charge on any atom is 0.303 e. The molecule has 0 fully saturated rings. The summed E-state index contributed by atoms with van der Waals surface area (Å²) in [6, 6.07) is 7.67. The van der Waals surface area contributed by atoms with Crippen molar-refractivity contribution in [1.82, 2.24) is 14.8 Å². The van der Waals surface area contributed by atoms with Gasteiger partial charge in [0.2, 0.25) is 0 Å². The molecule has 0 amide bonds. The van der Waals surface area contributed by atoms with Gasteiger partial charge in [0.25, 0.3) is 0 Å². The lowest BCUT2D eigenvalue weighted by atomic mass is 10.1. The molecular formula is C11H11N3O2. The molecule has 0 aliphatic carbocycles. The van der Waals surface area contributed by atoms with E-state index in [9.17, 15) is 4.79 Å². The van der Waals surface area contributed by atoms with E-state index < -0.39 is 5.97 Å². The standard InChI is InChI=1S/C11H11N3O2/c15-11(16)5-4-9-2-1-3-10(6-9)14-7-12-13-8-14/h1-3,6-8H,4-5H2,(H,15,16). The van der Waals surface area contributed by atoms with Crippen LogP contribution >= 0.6 is 0 Å². The highest BCUT2D eigenvalue weighted by molar-refractivity contribution is 5.67. The number of aryl methyl sites for hydroxylation is 1. The number of benzene rings is 1. The molecule has 0 unspecified atom stereocenters. The van der Waals surface area contributed by atoms with Crippen LogP contribution in [-0.2, 0) is 11.2 Å². The fourth-order valence-electron chi connectivity index (χ4n) is 1.46. The lowest BCUT2D eigenvalue weighted by Gasteiger charge is -2.03. The zero-order valence-corrected chi connectivity index (χ0v) is 8.58. The molecule has 0 saturated carbocycles. The van der Waals surface area contributed by atoms with Crippen LogP contribution in [0.3, 0.4) is 0 Å². The highest BCUT2D eigenvalue weighted by Crippen LogP contribution is 2.11. The number of carboxylic acids is 1. The number of hydrogen-bond donors (Lipinski definition) is 1. The Morgan fingerprint density at radius 1 is 1.31 bits per heavy atom. The van der Waals surface area contributed by atoms with Gasteiger partial charge in [0.05, 0.1) is 0 Å². The van der Waals surface area contributed by atoms with Gasteiger partial charge in [-0.25, -0.2) is 0 Å². The Morgan fingerprint density at radius 3 is 2.75 bits per heavy atom. The molecule has 0 atom stereocenters. The lowest BCUT2D eigenvalue weighted by Crippen LogP contribution is -1.98. The van der Waals surface area contributed by atoms with E-state index in [1.807, 2.05) is 24.3 Å². The SMILES string of the molecule is O=C(O)CCc1cccc(-n2cnnc2)c1. The molecule has 16 heavy (non-hydrogen) atoms. The quantitative estimate of drug-likeness (QED) is 0.837. The molecule has 2 rings (SSSR count). The number of aliphatic carboxylic acids is 1.